The molecule has 0 N–H and O–H groups in total. The van der Waals surface area contributed by atoms with E-state index in [-0.39, 0.29) is 37.6 Å². The summed E-state index contributed by atoms with van der Waals surface area (Å²) in [6.45, 7) is 9.03. The molecule has 0 bridgehead atoms. The van der Waals surface area contributed by atoms with E-state index < -0.39 is 11.9 Å². The summed E-state index contributed by atoms with van der Waals surface area (Å²) in [4.78, 5) is 37.3. The molecule has 0 radical (unpaired) electrons. The maximum absolute atomic E-state index is 12.6. The molecule has 0 aromatic carbocycles. The second kappa shape index (κ2) is 37.2. The molecule has 286 valence electrons. The topological polar surface area (TPSA) is 78.9 Å². The summed E-state index contributed by atoms with van der Waals surface area (Å²) >= 11 is 0. The molecule has 0 spiro atoms. The number of hydrogen-bond acceptors (Lipinski definition) is 6. The van der Waals surface area contributed by atoms with E-state index in [2.05, 4.69) is 32.6 Å². The lowest BCUT2D eigenvalue weighted by molar-refractivity contribution is -0.159. The van der Waals surface area contributed by atoms with E-state index in [1.807, 2.05) is 6.92 Å². The van der Waals surface area contributed by atoms with Crippen molar-refractivity contribution < 1.29 is 28.6 Å². The first-order valence-electron chi connectivity index (χ1n) is 20.9. The van der Waals surface area contributed by atoms with Crippen LogP contribution in [0.25, 0.3) is 0 Å². The summed E-state index contributed by atoms with van der Waals surface area (Å²) in [6, 6.07) is 0. The van der Waals surface area contributed by atoms with E-state index in [0.717, 1.165) is 83.5 Å². The molecule has 1 unspecified atom stereocenters. The Kier molecular flexibility index (Phi) is 35.7. The molecule has 0 aliphatic carbocycles. The van der Waals surface area contributed by atoms with Gasteiger partial charge in [-0.2, -0.15) is 0 Å². The van der Waals surface area contributed by atoms with Gasteiger partial charge in [0.05, 0.1) is 13.2 Å². The van der Waals surface area contributed by atoms with Crippen LogP contribution in [0.2, 0.25) is 0 Å². The lowest BCUT2D eigenvalue weighted by atomic mass is 10.0. The minimum absolute atomic E-state index is 0.0840. The molecule has 0 saturated heterocycles. The highest BCUT2D eigenvalue weighted by atomic mass is 16.6. The van der Waals surface area contributed by atoms with Gasteiger partial charge in [0.1, 0.15) is 12.5 Å². The Bertz CT molecular complexity index is 812. The highest BCUT2D eigenvalue weighted by Gasteiger charge is 2.20. The molecule has 0 aliphatic heterocycles. The summed E-state index contributed by atoms with van der Waals surface area (Å²) < 4.78 is 16.7. The van der Waals surface area contributed by atoms with Crippen LogP contribution in [0.3, 0.4) is 0 Å². The van der Waals surface area contributed by atoms with E-state index in [1.165, 1.54) is 89.9 Å². The highest BCUT2D eigenvalue weighted by Crippen LogP contribution is 2.18. The third-order valence-corrected chi connectivity index (χ3v) is 9.35. The molecule has 0 fully saturated rings. The summed E-state index contributed by atoms with van der Waals surface area (Å²) in [5, 5.41) is 0. The van der Waals surface area contributed by atoms with Gasteiger partial charge < -0.3 is 14.2 Å². The summed E-state index contributed by atoms with van der Waals surface area (Å²) in [5.74, 6) is 5.27. The van der Waals surface area contributed by atoms with Crippen molar-refractivity contribution in [1.29, 1.82) is 0 Å². The molecule has 0 amide bonds. The fourth-order valence-electron chi connectivity index (χ4n) is 5.92. The maximum atomic E-state index is 12.6. The number of unbranched alkanes of at least 4 members (excludes halogenated alkanes) is 21. The van der Waals surface area contributed by atoms with Crippen LogP contribution in [0.15, 0.2) is 0 Å². The quantitative estimate of drug-likeness (QED) is 0.0216. The zero-order valence-electron chi connectivity index (χ0n) is 32.7. The number of hydrogen-bond donors (Lipinski definition) is 0. The maximum Gasteiger partial charge on any atom is 0.317 e. The number of esters is 3. The number of carbonyl (C=O) groups excluding carboxylic acids is 3. The molecular weight excluding hydrogens is 612 g/mol. The number of carbonyl (C=O) groups is 3. The monoisotopic (exact) mass is 691 g/mol. The third-order valence-electron chi connectivity index (χ3n) is 9.35. The van der Waals surface area contributed by atoms with Gasteiger partial charge in [-0.15, -0.1) is 11.8 Å². The second-order valence-electron chi connectivity index (χ2n) is 14.2. The minimum atomic E-state index is -0.573. The van der Waals surface area contributed by atoms with E-state index in [9.17, 15) is 14.4 Å². The van der Waals surface area contributed by atoms with E-state index in [4.69, 9.17) is 14.2 Å². The van der Waals surface area contributed by atoms with E-state index in [0.29, 0.717) is 12.8 Å². The standard InChI is InChI=1S/C43H78O6/c1-5-9-12-15-18-19-20-21-22-23-24-25-26-29-32-35-41(44)47-37-39(8-4)38-48-42(45)36-43(46)49-40(33-30-27-16-13-10-6-2)34-31-28-17-14-11-7-3/h39-40H,5-20,23-38H2,1-4H3. The van der Waals surface area contributed by atoms with Crippen LogP contribution < -0.4 is 0 Å². The zero-order chi connectivity index (χ0) is 36.0. The van der Waals surface area contributed by atoms with Crippen molar-refractivity contribution in [2.24, 2.45) is 5.92 Å². The molecule has 49 heavy (non-hydrogen) atoms. The van der Waals surface area contributed by atoms with Crippen LogP contribution in [0.5, 0.6) is 0 Å². The van der Waals surface area contributed by atoms with Gasteiger partial charge in [0, 0.05) is 25.2 Å². The fraction of sp³-hybridized carbons (Fsp3) is 0.884. The zero-order valence-corrected chi connectivity index (χ0v) is 32.7. The molecule has 6 heteroatoms. The van der Waals surface area contributed by atoms with Gasteiger partial charge in [-0.25, -0.2) is 0 Å². The Morgan fingerprint density at radius 1 is 0.469 bits per heavy atom. The van der Waals surface area contributed by atoms with Crippen LogP contribution in [-0.2, 0) is 28.6 Å². The predicted octanol–water partition coefficient (Wildman–Crippen LogP) is 12.4. The lowest BCUT2D eigenvalue weighted by Crippen LogP contribution is -2.24. The third kappa shape index (κ3) is 34.2. The number of rotatable bonds is 35. The first-order valence-corrected chi connectivity index (χ1v) is 20.9. The normalized spacial score (nSPS) is 11.6. The van der Waals surface area contributed by atoms with Crippen molar-refractivity contribution in [1.82, 2.24) is 0 Å². The Hall–Kier alpha value is -2.03. The average molecular weight is 691 g/mol. The SMILES string of the molecule is CCCCCCCCC#CCCCCCCCC(=O)OCC(CC)COC(=O)CC(=O)OC(CCCCCCCC)CCCCCCCC. The van der Waals surface area contributed by atoms with Crippen molar-refractivity contribution in [2.45, 2.75) is 226 Å². The smallest absolute Gasteiger partial charge is 0.317 e. The molecule has 0 saturated carbocycles. The summed E-state index contributed by atoms with van der Waals surface area (Å²) in [6.07, 6.45) is 31.9. The van der Waals surface area contributed by atoms with E-state index in [1.54, 1.807) is 0 Å². The van der Waals surface area contributed by atoms with E-state index >= 15 is 0 Å². The van der Waals surface area contributed by atoms with Crippen LogP contribution in [0, 0.1) is 17.8 Å². The molecular formula is C43H78O6. The van der Waals surface area contributed by atoms with Crippen LogP contribution in [-0.4, -0.2) is 37.2 Å². The molecule has 0 aromatic rings. The van der Waals surface area contributed by atoms with Crippen molar-refractivity contribution >= 4 is 17.9 Å². The van der Waals surface area contributed by atoms with Crippen LogP contribution in [0.4, 0.5) is 0 Å². The first kappa shape index (κ1) is 47.0. The fourth-order valence-corrected chi connectivity index (χ4v) is 5.92. The summed E-state index contributed by atoms with van der Waals surface area (Å²) in [7, 11) is 0. The van der Waals surface area contributed by atoms with Crippen molar-refractivity contribution in [3.63, 3.8) is 0 Å². The lowest BCUT2D eigenvalue weighted by Gasteiger charge is -2.18. The number of ether oxygens (including phenoxy) is 3. The van der Waals surface area contributed by atoms with Gasteiger partial charge in [-0.05, 0) is 51.4 Å². The van der Waals surface area contributed by atoms with Crippen molar-refractivity contribution in [3.05, 3.63) is 0 Å². The predicted molar refractivity (Wildman–Crippen MR) is 204 cm³/mol. The average Bonchev–Trinajstić information content (AvgIpc) is 3.09. The van der Waals surface area contributed by atoms with Crippen LogP contribution in [0.1, 0.15) is 220 Å². The molecule has 1 atom stereocenters. The van der Waals surface area contributed by atoms with Gasteiger partial charge in [0.15, 0.2) is 0 Å². The first-order chi connectivity index (χ1) is 24.0. The minimum Gasteiger partial charge on any atom is -0.465 e. The molecule has 0 heterocycles. The van der Waals surface area contributed by atoms with Gasteiger partial charge in [-0.1, -0.05) is 143 Å². The molecule has 0 aromatic heterocycles. The largest absolute Gasteiger partial charge is 0.465 e. The Labute approximate surface area is 303 Å². The highest BCUT2D eigenvalue weighted by molar-refractivity contribution is 5.91. The Morgan fingerprint density at radius 2 is 0.878 bits per heavy atom. The molecule has 6 nitrogen and oxygen atoms in total. The Morgan fingerprint density at radius 3 is 1.35 bits per heavy atom. The summed E-state index contributed by atoms with van der Waals surface area (Å²) in [5.41, 5.74) is 0. The van der Waals surface area contributed by atoms with Crippen molar-refractivity contribution in [2.75, 3.05) is 13.2 Å². The van der Waals surface area contributed by atoms with Gasteiger partial charge in [0.25, 0.3) is 0 Å². The molecule has 0 rings (SSSR count). The van der Waals surface area contributed by atoms with Gasteiger partial charge in [0.2, 0.25) is 0 Å². The van der Waals surface area contributed by atoms with Crippen LogP contribution >= 0.6 is 0 Å². The Balaban J connectivity index is 4.14. The van der Waals surface area contributed by atoms with Crippen molar-refractivity contribution in [3.8, 4) is 11.8 Å². The van der Waals surface area contributed by atoms with Gasteiger partial charge in [-0.3, -0.25) is 14.4 Å². The second-order valence-corrected chi connectivity index (χ2v) is 14.2. The van der Waals surface area contributed by atoms with Gasteiger partial charge >= 0.3 is 17.9 Å². The molecule has 0 aliphatic rings.